The molecule has 2 atom stereocenters. The molecule has 2 unspecified atom stereocenters. The minimum atomic E-state index is -0.208. The number of nitrogens with two attached hydrogens (primary N) is 1. The van der Waals surface area contributed by atoms with E-state index in [1.165, 1.54) is 0 Å². The van der Waals surface area contributed by atoms with Crippen LogP contribution in [-0.2, 0) is 9.53 Å². The molecule has 0 aromatic rings. The van der Waals surface area contributed by atoms with E-state index in [0.717, 1.165) is 51.8 Å². The van der Waals surface area contributed by atoms with E-state index in [1.807, 2.05) is 0 Å². The lowest BCUT2D eigenvalue weighted by molar-refractivity contribution is -0.135. The Morgan fingerprint density at radius 3 is 3.00 bits per heavy atom. The average Bonchev–Trinajstić information content (AvgIpc) is 2.35. The maximum atomic E-state index is 11.7. The van der Waals surface area contributed by atoms with Gasteiger partial charge in [0.15, 0.2) is 0 Å². The maximum Gasteiger partial charge on any atom is 0.249 e. The van der Waals surface area contributed by atoms with Gasteiger partial charge in [0.05, 0.1) is 0 Å². The van der Waals surface area contributed by atoms with Gasteiger partial charge < -0.3 is 15.8 Å². The van der Waals surface area contributed by atoms with Crippen LogP contribution in [0.3, 0.4) is 0 Å². The monoisotopic (exact) mass is 228 g/mol. The SMILES string of the molecule is CC(CN)CCCNC(=O)C1CCCCO1. The summed E-state index contributed by atoms with van der Waals surface area (Å²) in [6.45, 7) is 4.32. The first kappa shape index (κ1) is 13.5. The quantitative estimate of drug-likeness (QED) is 0.668. The van der Waals surface area contributed by atoms with Gasteiger partial charge in [0.2, 0.25) is 5.91 Å². The van der Waals surface area contributed by atoms with Crippen LogP contribution < -0.4 is 11.1 Å². The minimum Gasteiger partial charge on any atom is -0.368 e. The van der Waals surface area contributed by atoms with Crippen molar-refractivity contribution >= 4 is 5.91 Å². The predicted octanol–water partition coefficient (Wildman–Crippen LogP) is 1.05. The second kappa shape index (κ2) is 7.63. The van der Waals surface area contributed by atoms with Crippen LogP contribution in [0.15, 0.2) is 0 Å². The maximum absolute atomic E-state index is 11.7. The number of rotatable bonds is 6. The molecule has 0 aromatic heterocycles. The molecule has 1 saturated heterocycles. The Labute approximate surface area is 97.9 Å². The molecule has 0 aromatic carbocycles. The van der Waals surface area contributed by atoms with Crippen molar-refractivity contribution in [2.75, 3.05) is 19.7 Å². The molecule has 3 N–H and O–H groups in total. The summed E-state index contributed by atoms with van der Waals surface area (Å²) in [5.41, 5.74) is 5.52. The molecule has 1 amide bonds. The molecule has 1 aliphatic heterocycles. The highest BCUT2D eigenvalue weighted by molar-refractivity contribution is 5.80. The zero-order valence-electron chi connectivity index (χ0n) is 10.2. The van der Waals surface area contributed by atoms with Gasteiger partial charge in [-0.15, -0.1) is 0 Å². The van der Waals surface area contributed by atoms with E-state index in [9.17, 15) is 4.79 Å². The van der Waals surface area contributed by atoms with Gasteiger partial charge >= 0.3 is 0 Å². The van der Waals surface area contributed by atoms with Gasteiger partial charge in [-0.05, 0) is 44.6 Å². The van der Waals surface area contributed by atoms with Gasteiger partial charge in [0.1, 0.15) is 6.10 Å². The predicted molar refractivity (Wildman–Crippen MR) is 64.1 cm³/mol. The van der Waals surface area contributed by atoms with Crippen LogP contribution in [0.2, 0.25) is 0 Å². The molecule has 0 aliphatic carbocycles. The van der Waals surface area contributed by atoms with Crippen LogP contribution >= 0.6 is 0 Å². The van der Waals surface area contributed by atoms with Gasteiger partial charge in [0.25, 0.3) is 0 Å². The lowest BCUT2D eigenvalue weighted by Gasteiger charge is -2.21. The lowest BCUT2D eigenvalue weighted by Crippen LogP contribution is -2.38. The van der Waals surface area contributed by atoms with Crippen LogP contribution in [0, 0.1) is 5.92 Å². The van der Waals surface area contributed by atoms with E-state index in [1.54, 1.807) is 0 Å². The molecule has 1 rings (SSSR count). The highest BCUT2D eigenvalue weighted by atomic mass is 16.5. The highest BCUT2D eigenvalue weighted by Gasteiger charge is 2.21. The van der Waals surface area contributed by atoms with Crippen molar-refractivity contribution in [1.82, 2.24) is 5.32 Å². The average molecular weight is 228 g/mol. The Hall–Kier alpha value is -0.610. The summed E-state index contributed by atoms with van der Waals surface area (Å²) in [5.74, 6) is 0.600. The summed E-state index contributed by atoms with van der Waals surface area (Å²) in [7, 11) is 0. The van der Waals surface area contributed by atoms with E-state index in [2.05, 4.69) is 12.2 Å². The smallest absolute Gasteiger partial charge is 0.249 e. The van der Waals surface area contributed by atoms with Gasteiger partial charge in [-0.1, -0.05) is 6.92 Å². The third-order valence-electron chi connectivity index (χ3n) is 3.05. The van der Waals surface area contributed by atoms with Crippen molar-refractivity contribution in [2.24, 2.45) is 11.7 Å². The van der Waals surface area contributed by atoms with E-state index in [0.29, 0.717) is 5.92 Å². The van der Waals surface area contributed by atoms with E-state index < -0.39 is 0 Å². The number of hydrogen-bond donors (Lipinski definition) is 2. The molecule has 0 bridgehead atoms. The minimum absolute atomic E-state index is 0.0556. The summed E-state index contributed by atoms with van der Waals surface area (Å²) in [4.78, 5) is 11.7. The third kappa shape index (κ3) is 4.94. The van der Waals surface area contributed by atoms with E-state index in [4.69, 9.17) is 10.5 Å². The normalized spacial score (nSPS) is 22.8. The fraction of sp³-hybridized carbons (Fsp3) is 0.917. The molecule has 1 fully saturated rings. The molecule has 0 radical (unpaired) electrons. The van der Waals surface area contributed by atoms with Crippen LogP contribution in [-0.4, -0.2) is 31.7 Å². The molecule has 0 spiro atoms. The van der Waals surface area contributed by atoms with Gasteiger partial charge in [-0.2, -0.15) is 0 Å². The Kier molecular flexibility index (Phi) is 6.42. The van der Waals surface area contributed by atoms with Gasteiger partial charge in [-0.25, -0.2) is 0 Å². The molecule has 4 heteroatoms. The van der Waals surface area contributed by atoms with Crippen molar-refractivity contribution in [2.45, 2.75) is 45.1 Å². The van der Waals surface area contributed by atoms with Crippen LogP contribution in [0.4, 0.5) is 0 Å². The zero-order chi connectivity index (χ0) is 11.8. The second-order valence-corrected chi connectivity index (χ2v) is 4.63. The Morgan fingerprint density at radius 1 is 1.56 bits per heavy atom. The molecule has 1 aliphatic rings. The molecule has 94 valence electrons. The molecular weight excluding hydrogens is 204 g/mol. The first-order valence-electron chi connectivity index (χ1n) is 6.33. The second-order valence-electron chi connectivity index (χ2n) is 4.63. The zero-order valence-corrected chi connectivity index (χ0v) is 10.2. The number of ether oxygens (including phenoxy) is 1. The summed E-state index contributed by atoms with van der Waals surface area (Å²) in [6, 6.07) is 0. The summed E-state index contributed by atoms with van der Waals surface area (Å²) >= 11 is 0. The Morgan fingerprint density at radius 2 is 2.38 bits per heavy atom. The molecule has 0 saturated carbocycles. The third-order valence-corrected chi connectivity index (χ3v) is 3.05. The van der Waals surface area contributed by atoms with Crippen LogP contribution in [0.25, 0.3) is 0 Å². The van der Waals surface area contributed by atoms with Crippen LogP contribution in [0.5, 0.6) is 0 Å². The Bertz CT molecular complexity index is 203. The van der Waals surface area contributed by atoms with Crippen molar-refractivity contribution in [3.63, 3.8) is 0 Å². The van der Waals surface area contributed by atoms with Crippen molar-refractivity contribution < 1.29 is 9.53 Å². The number of nitrogens with one attached hydrogen (secondary N) is 1. The van der Waals surface area contributed by atoms with E-state index >= 15 is 0 Å². The summed E-state index contributed by atoms with van der Waals surface area (Å²) in [5, 5.41) is 2.93. The molecule has 1 heterocycles. The van der Waals surface area contributed by atoms with E-state index in [-0.39, 0.29) is 12.0 Å². The molecule has 4 nitrogen and oxygen atoms in total. The summed E-state index contributed by atoms with van der Waals surface area (Å²) < 4.78 is 5.41. The van der Waals surface area contributed by atoms with Crippen molar-refractivity contribution in [3.05, 3.63) is 0 Å². The number of carbonyl (C=O) groups is 1. The fourth-order valence-corrected chi connectivity index (χ4v) is 1.84. The van der Waals surface area contributed by atoms with Crippen LogP contribution in [0.1, 0.15) is 39.0 Å². The topological polar surface area (TPSA) is 64.3 Å². The van der Waals surface area contributed by atoms with Crippen molar-refractivity contribution in [1.29, 1.82) is 0 Å². The number of amides is 1. The summed E-state index contributed by atoms with van der Waals surface area (Å²) in [6.07, 6.45) is 4.91. The first-order valence-corrected chi connectivity index (χ1v) is 6.33. The molecular formula is C12H24N2O2. The fourth-order valence-electron chi connectivity index (χ4n) is 1.84. The first-order chi connectivity index (χ1) is 7.74. The molecule has 16 heavy (non-hydrogen) atoms. The lowest BCUT2D eigenvalue weighted by atomic mass is 10.1. The highest BCUT2D eigenvalue weighted by Crippen LogP contribution is 2.12. The van der Waals surface area contributed by atoms with Gasteiger partial charge in [0, 0.05) is 13.2 Å². The standard InChI is InChI=1S/C12H24N2O2/c1-10(9-13)5-4-7-14-12(15)11-6-2-3-8-16-11/h10-11H,2-9,13H2,1H3,(H,14,15). The Balaban J connectivity index is 2.05. The number of hydrogen-bond acceptors (Lipinski definition) is 3. The number of carbonyl (C=O) groups excluding carboxylic acids is 1. The largest absolute Gasteiger partial charge is 0.368 e. The van der Waals surface area contributed by atoms with Gasteiger partial charge in [-0.3, -0.25) is 4.79 Å². The van der Waals surface area contributed by atoms with Crippen molar-refractivity contribution in [3.8, 4) is 0 Å².